The largest absolute Gasteiger partial charge is 0.497 e. The number of aliphatic hydroxyl groups is 1. The molecule has 0 radical (unpaired) electrons. The summed E-state index contributed by atoms with van der Waals surface area (Å²) in [5, 5.41) is 12.3. The second-order valence-corrected chi connectivity index (χ2v) is 4.46. The molecule has 1 aromatic carbocycles. The number of methoxy groups -OCH3 is 1. The molecule has 1 atom stereocenters. The zero-order valence-electron chi connectivity index (χ0n) is 10.8. The monoisotopic (exact) mass is 237 g/mol. The van der Waals surface area contributed by atoms with Gasteiger partial charge >= 0.3 is 0 Å². The first-order valence-corrected chi connectivity index (χ1v) is 6.20. The summed E-state index contributed by atoms with van der Waals surface area (Å²) < 4.78 is 5.17. The summed E-state index contributed by atoms with van der Waals surface area (Å²) in [6.45, 7) is 4.21. The van der Waals surface area contributed by atoms with Crippen molar-refractivity contribution in [1.82, 2.24) is 5.32 Å². The Kier molecular flexibility index (Phi) is 6.67. The van der Waals surface area contributed by atoms with Crippen LogP contribution < -0.4 is 10.1 Å². The fourth-order valence-corrected chi connectivity index (χ4v) is 1.68. The smallest absolute Gasteiger partial charge is 0.119 e. The number of rotatable bonds is 8. The molecule has 0 saturated carbocycles. The summed E-state index contributed by atoms with van der Waals surface area (Å²) >= 11 is 0. The van der Waals surface area contributed by atoms with Crippen LogP contribution in [-0.4, -0.2) is 25.4 Å². The first-order valence-electron chi connectivity index (χ1n) is 6.20. The van der Waals surface area contributed by atoms with E-state index >= 15 is 0 Å². The van der Waals surface area contributed by atoms with Crippen molar-refractivity contribution in [2.24, 2.45) is 5.92 Å². The maximum absolute atomic E-state index is 8.89. The SMILES string of the molecule is COc1cccc(CNCCCC(C)CO)c1. The first kappa shape index (κ1) is 14.0. The molecule has 0 amide bonds. The average Bonchev–Trinajstić information content (AvgIpc) is 2.38. The van der Waals surface area contributed by atoms with E-state index in [2.05, 4.69) is 18.3 Å². The van der Waals surface area contributed by atoms with Crippen LogP contribution in [0.1, 0.15) is 25.3 Å². The third-order valence-electron chi connectivity index (χ3n) is 2.83. The maximum atomic E-state index is 8.89. The van der Waals surface area contributed by atoms with Crippen LogP contribution in [0.25, 0.3) is 0 Å². The number of benzene rings is 1. The predicted molar refractivity (Wildman–Crippen MR) is 70.2 cm³/mol. The molecule has 96 valence electrons. The second-order valence-electron chi connectivity index (χ2n) is 4.46. The van der Waals surface area contributed by atoms with Gasteiger partial charge in [-0.25, -0.2) is 0 Å². The van der Waals surface area contributed by atoms with Gasteiger partial charge < -0.3 is 15.2 Å². The highest BCUT2D eigenvalue weighted by atomic mass is 16.5. The van der Waals surface area contributed by atoms with E-state index in [0.717, 1.165) is 31.7 Å². The highest BCUT2D eigenvalue weighted by molar-refractivity contribution is 5.28. The Morgan fingerprint density at radius 3 is 2.94 bits per heavy atom. The van der Waals surface area contributed by atoms with E-state index in [-0.39, 0.29) is 6.61 Å². The van der Waals surface area contributed by atoms with Crippen LogP contribution in [0, 0.1) is 5.92 Å². The van der Waals surface area contributed by atoms with E-state index in [1.54, 1.807) is 7.11 Å². The van der Waals surface area contributed by atoms with Crippen molar-refractivity contribution < 1.29 is 9.84 Å². The van der Waals surface area contributed by atoms with Gasteiger partial charge in [0.15, 0.2) is 0 Å². The van der Waals surface area contributed by atoms with E-state index in [9.17, 15) is 0 Å². The van der Waals surface area contributed by atoms with Crippen molar-refractivity contribution >= 4 is 0 Å². The molecule has 0 bridgehead atoms. The van der Waals surface area contributed by atoms with Crippen molar-refractivity contribution in [3.8, 4) is 5.75 Å². The zero-order chi connectivity index (χ0) is 12.5. The van der Waals surface area contributed by atoms with Gasteiger partial charge in [-0.05, 0) is 43.0 Å². The van der Waals surface area contributed by atoms with Gasteiger partial charge in [-0.1, -0.05) is 19.1 Å². The molecule has 0 spiro atoms. The summed E-state index contributed by atoms with van der Waals surface area (Å²) in [5.74, 6) is 1.31. The van der Waals surface area contributed by atoms with Gasteiger partial charge in [0.2, 0.25) is 0 Å². The predicted octanol–water partition coefficient (Wildman–Crippen LogP) is 2.19. The van der Waals surface area contributed by atoms with E-state index in [4.69, 9.17) is 9.84 Å². The minimum absolute atomic E-state index is 0.288. The van der Waals surface area contributed by atoms with Gasteiger partial charge in [0, 0.05) is 13.2 Å². The second kappa shape index (κ2) is 8.09. The van der Waals surface area contributed by atoms with Crippen molar-refractivity contribution in [1.29, 1.82) is 0 Å². The normalized spacial score (nSPS) is 12.4. The lowest BCUT2D eigenvalue weighted by molar-refractivity contribution is 0.228. The standard InChI is InChI=1S/C14H23NO2/c1-12(11-16)5-4-8-15-10-13-6-3-7-14(9-13)17-2/h3,6-7,9,12,15-16H,4-5,8,10-11H2,1-2H3. The van der Waals surface area contributed by atoms with E-state index < -0.39 is 0 Å². The van der Waals surface area contributed by atoms with E-state index in [1.165, 1.54) is 5.56 Å². The molecule has 17 heavy (non-hydrogen) atoms. The third-order valence-corrected chi connectivity index (χ3v) is 2.83. The average molecular weight is 237 g/mol. The van der Waals surface area contributed by atoms with Crippen molar-refractivity contribution in [2.45, 2.75) is 26.3 Å². The third kappa shape index (κ3) is 5.71. The lowest BCUT2D eigenvalue weighted by Crippen LogP contribution is -2.16. The molecule has 1 unspecified atom stereocenters. The molecule has 2 N–H and O–H groups in total. The van der Waals surface area contributed by atoms with Gasteiger partial charge in [0.05, 0.1) is 7.11 Å². The van der Waals surface area contributed by atoms with Crippen molar-refractivity contribution in [2.75, 3.05) is 20.3 Å². The Bertz CT molecular complexity index is 315. The van der Waals surface area contributed by atoms with Crippen LogP contribution in [0.3, 0.4) is 0 Å². The van der Waals surface area contributed by atoms with E-state index in [1.807, 2.05) is 18.2 Å². The molecule has 0 aliphatic heterocycles. The molecule has 0 saturated heterocycles. The minimum atomic E-state index is 0.288. The maximum Gasteiger partial charge on any atom is 0.119 e. The molecule has 0 aromatic heterocycles. The highest BCUT2D eigenvalue weighted by Gasteiger charge is 1.99. The molecular formula is C14H23NO2. The number of hydrogen-bond acceptors (Lipinski definition) is 3. The van der Waals surface area contributed by atoms with Crippen LogP contribution >= 0.6 is 0 Å². The molecule has 0 heterocycles. The van der Waals surface area contributed by atoms with Gasteiger partial charge in [0.25, 0.3) is 0 Å². The number of ether oxygens (including phenoxy) is 1. The number of aliphatic hydroxyl groups excluding tert-OH is 1. The first-order chi connectivity index (χ1) is 8.26. The Morgan fingerprint density at radius 1 is 1.41 bits per heavy atom. The summed E-state index contributed by atoms with van der Waals surface area (Å²) in [4.78, 5) is 0. The summed E-state index contributed by atoms with van der Waals surface area (Å²) in [5.41, 5.74) is 1.24. The molecule has 0 fully saturated rings. The quantitative estimate of drug-likeness (QED) is 0.681. The van der Waals surface area contributed by atoms with Crippen LogP contribution in [-0.2, 0) is 6.54 Å². The summed E-state index contributed by atoms with van der Waals surface area (Å²) in [6, 6.07) is 8.09. The van der Waals surface area contributed by atoms with Gasteiger partial charge in [-0.2, -0.15) is 0 Å². The van der Waals surface area contributed by atoms with E-state index in [0.29, 0.717) is 5.92 Å². The Morgan fingerprint density at radius 2 is 2.24 bits per heavy atom. The highest BCUT2D eigenvalue weighted by Crippen LogP contribution is 2.12. The van der Waals surface area contributed by atoms with Crippen LogP contribution in [0.4, 0.5) is 0 Å². The summed E-state index contributed by atoms with van der Waals surface area (Å²) in [6.07, 6.45) is 2.17. The van der Waals surface area contributed by atoms with Gasteiger partial charge in [-0.15, -0.1) is 0 Å². The van der Waals surface area contributed by atoms with Gasteiger partial charge in [0.1, 0.15) is 5.75 Å². The number of nitrogens with one attached hydrogen (secondary N) is 1. The Balaban J connectivity index is 2.17. The Labute approximate surface area is 104 Å². The molecule has 0 aliphatic rings. The molecule has 3 nitrogen and oxygen atoms in total. The lowest BCUT2D eigenvalue weighted by Gasteiger charge is -2.09. The molecule has 1 aromatic rings. The van der Waals surface area contributed by atoms with Crippen LogP contribution in [0.15, 0.2) is 24.3 Å². The molecule has 0 aliphatic carbocycles. The fourth-order valence-electron chi connectivity index (χ4n) is 1.68. The van der Waals surface area contributed by atoms with Gasteiger partial charge in [-0.3, -0.25) is 0 Å². The molecule has 1 rings (SSSR count). The van der Waals surface area contributed by atoms with Crippen molar-refractivity contribution in [3.05, 3.63) is 29.8 Å². The lowest BCUT2D eigenvalue weighted by atomic mass is 10.1. The van der Waals surface area contributed by atoms with Crippen molar-refractivity contribution in [3.63, 3.8) is 0 Å². The molecule has 3 heteroatoms. The number of hydrogen-bond donors (Lipinski definition) is 2. The minimum Gasteiger partial charge on any atom is -0.497 e. The topological polar surface area (TPSA) is 41.5 Å². The van der Waals surface area contributed by atoms with Crippen LogP contribution in [0.2, 0.25) is 0 Å². The van der Waals surface area contributed by atoms with Crippen LogP contribution in [0.5, 0.6) is 5.75 Å². The molecular weight excluding hydrogens is 214 g/mol. The fraction of sp³-hybridized carbons (Fsp3) is 0.571. The Hall–Kier alpha value is -1.06. The zero-order valence-corrected chi connectivity index (χ0v) is 10.8. The summed E-state index contributed by atoms with van der Waals surface area (Å²) in [7, 11) is 1.68.